The first kappa shape index (κ1) is 14.5. The zero-order valence-electron chi connectivity index (χ0n) is 11.5. The molecule has 1 heterocycles. The molecule has 17 heavy (non-hydrogen) atoms. The third-order valence-corrected chi connectivity index (χ3v) is 2.82. The Balaban J connectivity index is 2.40. The van der Waals surface area contributed by atoms with Crippen molar-refractivity contribution in [2.24, 2.45) is 5.41 Å². The van der Waals surface area contributed by atoms with Gasteiger partial charge in [0, 0.05) is 33.2 Å². The SMILES string of the molecule is COCCC1CN(C(=O)CC(C)(C)C)CCO1. The van der Waals surface area contributed by atoms with E-state index in [1.807, 2.05) is 4.90 Å². The summed E-state index contributed by atoms with van der Waals surface area (Å²) in [5.74, 6) is 0.239. The van der Waals surface area contributed by atoms with Gasteiger partial charge in [-0.05, 0) is 11.8 Å². The monoisotopic (exact) mass is 243 g/mol. The normalized spacial score (nSPS) is 21.6. The summed E-state index contributed by atoms with van der Waals surface area (Å²) in [5.41, 5.74) is 0.0530. The topological polar surface area (TPSA) is 38.8 Å². The van der Waals surface area contributed by atoms with Crippen LogP contribution in [0, 0.1) is 5.41 Å². The lowest BCUT2D eigenvalue weighted by molar-refractivity contribution is -0.141. The van der Waals surface area contributed by atoms with Crippen LogP contribution in [0.2, 0.25) is 0 Å². The largest absolute Gasteiger partial charge is 0.385 e. The molecule has 1 aliphatic heterocycles. The number of hydrogen-bond acceptors (Lipinski definition) is 3. The van der Waals surface area contributed by atoms with Gasteiger partial charge >= 0.3 is 0 Å². The average Bonchev–Trinajstić information content (AvgIpc) is 2.24. The van der Waals surface area contributed by atoms with Gasteiger partial charge in [-0.15, -0.1) is 0 Å². The number of hydrogen-bond donors (Lipinski definition) is 0. The second-order valence-corrected chi connectivity index (χ2v) is 5.85. The Morgan fingerprint density at radius 2 is 2.18 bits per heavy atom. The van der Waals surface area contributed by atoms with Crippen molar-refractivity contribution in [3.05, 3.63) is 0 Å². The number of ether oxygens (including phenoxy) is 2. The average molecular weight is 243 g/mol. The minimum absolute atomic E-state index is 0.0530. The summed E-state index contributed by atoms with van der Waals surface area (Å²) in [6.07, 6.45) is 1.59. The fourth-order valence-electron chi connectivity index (χ4n) is 1.94. The van der Waals surface area contributed by atoms with Gasteiger partial charge in [-0.3, -0.25) is 4.79 Å². The van der Waals surface area contributed by atoms with Crippen LogP contribution in [0.5, 0.6) is 0 Å². The molecule has 0 radical (unpaired) electrons. The van der Waals surface area contributed by atoms with E-state index < -0.39 is 0 Å². The summed E-state index contributed by atoms with van der Waals surface area (Å²) in [4.78, 5) is 14.0. The maximum Gasteiger partial charge on any atom is 0.223 e. The lowest BCUT2D eigenvalue weighted by Crippen LogP contribution is -2.46. The third kappa shape index (κ3) is 5.50. The molecule has 0 bridgehead atoms. The quantitative estimate of drug-likeness (QED) is 0.754. The second-order valence-electron chi connectivity index (χ2n) is 5.85. The standard InChI is InChI=1S/C13H25NO3/c1-13(2,3)9-12(15)14-6-8-17-11(10-14)5-7-16-4/h11H,5-10H2,1-4H3. The van der Waals surface area contributed by atoms with E-state index in [1.54, 1.807) is 7.11 Å². The smallest absolute Gasteiger partial charge is 0.223 e. The van der Waals surface area contributed by atoms with Crippen LogP contribution in [0.25, 0.3) is 0 Å². The number of carbonyl (C=O) groups excluding carboxylic acids is 1. The van der Waals surface area contributed by atoms with E-state index in [0.717, 1.165) is 13.0 Å². The zero-order chi connectivity index (χ0) is 12.9. The molecule has 1 amide bonds. The molecule has 0 aromatic rings. The van der Waals surface area contributed by atoms with Crippen LogP contribution in [0.4, 0.5) is 0 Å². The van der Waals surface area contributed by atoms with Crippen LogP contribution in [-0.4, -0.2) is 50.3 Å². The Labute approximate surface area is 104 Å². The molecule has 0 aromatic carbocycles. The number of amides is 1. The van der Waals surface area contributed by atoms with Crippen molar-refractivity contribution in [2.75, 3.05) is 33.4 Å². The van der Waals surface area contributed by atoms with Crippen LogP contribution in [0.1, 0.15) is 33.6 Å². The maximum atomic E-state index is 12.1. The van der Waals surface area contributed by atoms with Crippen molar-refractivity contribution in [1.82, 2.24) is 4.90 Å². The molecule has 0 spiro atoms. The summed E-state index contributed by atoms with van der Waals surface area (Å²) in [5, 5.41) is 0. The van der Waals surface area contributed by atoms with Gasteiger partial charge in [0.1, 0.15) is 0 Å². The van der Waals surface area contributed by atoms with Crippen LogP contribution in [0.15, 0.2) is 0 Å². The van der Waals surface area contributed by atoms with Crippen molar-refractivity contribution < 1.29 is 14.3 Å². The van der Waals surface area contributed by atoms with E-state index in [2.05, 4.69) is 20.8 Å². The van der Waals surface area contributed by atoms with Crippen LogP contribution >= 0.6 is 0 Å². The van der Waals surface area contributed by atoms with E-state index in [4.69, 9.17) is 9.47 Å². The minimum atomic E-state index is 0.0530. The molecule has 4 heteroatoms. The first-order valence-corrected chi connectivity index (χ1v) is 6.31. The summed E-state index contributed by atoms with van der Waals surface area (Å²) < 4.78 is 10.7. The van der Waals surface area contributed by atoms with E-state index in [-0.39, 0.29) is 17.4 Å². The molecule has 1 rings (SSSR count). The van der Waals surface area contributed by atoms with E-state index in [1.165, 1.54) is 0 Å². The molecular weight excluding hydrogens is 218 g/mol. The molecular formula is C13H25NO3. The number of morpholine rings is 1. The van der Waals surface area contributed by atoms with Crippen LogP contribution in [0.3, 0.4) is 0 Å². The van der Waals surface area contributed by atoms with Crippen molar-refractivity contribution in [3.63, 3.8) is 0 Å². The fourth-order valence-corrected chi connectivity index (χ4v) is 1.94. The van der Waals surface area contributed by atoms with E-state index in [0.29, 0.717) is 26.2 Å². The zero-order valence-corrected chi connectivity index (χ0v) is 11.5. The fraction of sp³-hybridized carbons (Fsp3) is 0.923. The summed E-state index contributed by atoms with van der Waals surface area (Å²) in [6, 6.07) is 0. The molecule has 1 atom stereocenters. The Morgan fingerprint density at radius 3 is 2.76 bits per heavy atom. The van der Waals surface area contributed by atoms with Crippen LogP contribution < -0.4 is 0 Å². The van der Waals surface area contributed by atoms with Gasteiger partial charge in [-0.1, -0.05) is 20.8 Å². The molecule has 1 unspecified atom stereocenters. The third-order valence-electron chi connectivity index (χ3n) is 2.82. The predicted octanol–water partition coefficient (Wildman–Crippen LogP) is 1.69. The van der Waals surface area contributed by atoms with E-state index >= 15 is 0 Å². The molecule has 0 saturated carbocycles. The van der Waals surface area contributed by atoms with Gasteiger partial charge in [0.2, 0.25) is 5.91 Å². The maximum absolute atomic E-state index is 12.1. The van der Waals surface area contributed by atoms with Crippen molar-refractivity contribution in [2.45, 2.75) is 39.7 Å². The Kier molecular flexibility index (Phi) is 5.40. The van der Waals surface area contributed by atoms with Crippen molar-refractivity contribution in [3.8, 4) is 0 Å². The molecule has 1 saturated heterocycles. The first-order chi connectivity index (χ1) is 7.92. The van der Waals surface area contributed by atoms with E-state index in [9.17, 15) is 4.79 Å². The van der Waals surface area contributed by atoms with Crippen LogP contribution in [-0.2, 0) is 14.3 Å². The van der Waals surface area contributed by atoms with Gasteiger partial charge in [0.25, 0.3) is 0 Å². The second kappa shape index (κ2) is 6.36. The van der Waals surface area contributed by atoms with Crippen molar-refractivity contribution >= 4 is 5.91 Å². The lowest BCUT2D eigenvalue weighted by atomic mass is 9.91. The highest BCUT2D eigenvalue weighted by Crippen LogP contribution is 2.21. The molecule has 0 N–H and O–H groups in total. The number of nitrogens with zero attached hydrogens (tertiary/aromatic N) is 1. The number of methoxy groups -OCH3 is 1. The molecule has 100 valence electrons. The molecule has 0 aromatic heterocycles. The van der Waals surface area contributed by atoms with Gasteiger partial charge in [-0.2, -0.15) is 0 Å². The van der Waals surface area contributed by atoms with Crippen molar-refractivity contribution in [1.29, 1.82) is 0 Å². The van der Waals surface area contributed by atoms with Gasteiger partial charge in [-0.25, -0.2) is 0 Å². The highest BCUT2D eigenvalue weighted by Gasteiger charge is 2.26. The van der Waals surface area contributed by atoms with Gasteiger partial charge in [0.05, 0.1) is 12.7 Å². The summed E-state index contributed by atoms with van der Waals surface area (Å²) >= 11 is 0. The molecule has 1 aliphatic rings. The Morgan fingerprint density at radius 1 is 1.47 bits per heavy atom. The Bertz CT molecular complexity index is 248. The Hall–Kier alpha value is -0.610. The first-order valence-electron chi connectivity index (χ1n) is 6.31. The summed E-state index contributed by atoms with van der Waals surface area (Å²) in [7, 11) is 1.69. The van der Waals surface area contributed by atoms with Gasteiger partial charge < -0.3 is 14.4 Å². The minimum Gasteiger partial charge on any atom is -0.385 e. The highest BCUT2D eigenvalue weighted by molar-refractivity contribution is 5.76. The predicted molar refractivity (Wildman–Crippen MR) is 66.9 cm³/mol. The molecule has 4 nitrogen and oxygen atoms in total. The molecule has 1 fully saturated rings. The molecule has 0 aliphatic carbocycles. The number of carbonyl (C=O) groups is 1. The number of rotatable bonds is 4. The lowest BCUT2D eigenvalue weighted by Gasteiger charge is -2.34. The summed E-state index contributed by atoms with van der Waals surface area (Å²) in [6.45, 7) is 9.03. The van der Waals surface area contributed by atoms with Gasteiger partial charge in [0.15, 0.2) is 0 Å². The highest BCUT2D eigenvalue weighted by atomic mass is 16.5.